The fourth-order valence-electron chi connectivity index (χ4n) is 2.19. The molecule has 0 aliphatic heterocycles. The van der Waals surface area contributed by atoms with Crippen molar-refractivity contribution >= 4 is 46.9 Å². The summed E-state index contributed by atoms with van der Waals surface area (Å²) in [6.45, 7) is 5.65. The zero-order valence-corrected chi connectivity index (χ0v) is 17.5. The Morgan fingerprint density at radius 2 is 1.79 bits per heavy atom. The second-order valence-corrected chi connectivity index (χ2v) is 6.59. The number of carbonyl (C=O) groups is 2. The highest BCUT2D eigenvalue weighted by molar-refractivity contribution is 6.18. The fourth-order valence-corrected chi connectivity index (χ4v) is 2.59. The van der Waals surface area contributed by atoms with E-state index in [1.54, 1.807) is 18.2 Å². The summed E-state index contributed by atoms with van der Waals surface area (Å²) in [5, 5.41) is 19.5. The van der Waals surface area contributed by atoms with Crippen LogP contribution in [0, 0.1) is 11.3 Å². The molecule has 0 radical (unpaired) electrons. The van der Waals surface area contributed by atoms with Crippen LogP contribution < -0.4 is 4.90 Å². The lowest BCUT2D eigenvalue weighted by Crippen LogP contribution is -2.27. The van der Waals surface area contributed by atoms with Crippen LogP contribution in [0.25, 0.3) is 6.08 Å². The van der Waals surface area contributed by atoms with Gasteiger partial charge in [0.15, 0.2) is 0 Å². The molecule has 0 saturated heterocycles. The van der Waals surface area contributed by atoms with Gasteiger partial charge in [-0.1, -0.05) is 6.58 Å². The van der Waals surface area contributed by atoms with Crippen LogP contribution in [0.5, 0.6) is 5.75 Å². The van der Waals surface area contributed by atoms with Crippen molar-refractivity contribution in [1.29, 1.82) is 5.26 Å². The van der Waals surface area contributed by atoms with Crippen molar-refractivity contribution in [2.45, 2.75) is 6.92 Å². The van der Waals surface area contributed by atoms with Crippen molar-refractivity contribution in [2.24, 2.45) is 0 Å². The molecule has 9 heteroatoms. The molecule has 0 atom stereocenters. The van der Waals surface area contributed by atoms with Crippen molar-refractivity contribution in [3.05, 3.63) is 41.5 Å². The Labute approximate surface area is 179 Å². The van der Waals surface area contributed by atoms with E-state index in [1.165, 1.54) is 19.1 Å². The first kappa shape index (κ1) is 24.3. The molecule has 0 heterocycles. The van der Waals surface area contributed by atoms with E-state index in [9.17, 15) is 20.0 Å². The van der Waals surface area contributed by atoms with E-state index < -0.39 is 11.9 Å². The Balaban J connectivity index is 2.82. The fraction of sp³-hybridized carbons (Fsp3) is 0.350. The van der Waals surface area contributed by atoms with E-state index in [0.29, 0.717) is 30.5 Å². The molecule has 0 amide bonds. The van der Waals surface area contributed by atoms with Crippen LogP contribution in [0.4, 0.5) is 5.69 Å². The number of alkyl halides is 2. The Bertz CT molecular complexity index is 812. The van der Waals surface area contributed by atoms with E-state index in [4.69, 9.17) is 32.7 Å². The Hall–Kier alpha value is -2.69. The molecule has 0 fully saturated rings. The second-order valence-electron chi connectivity index (χ2n) is 5.83. The average Bonchev–Trinajstić information content (AvgIpc) is 2.69. The van der Waals surface area contributed by atoms with Gasteiger partial charge in [0.05, 0.1) is 0 Å². The number of aromatic hydroxyl groups is 1. The molecule has 0 saturated carbocycles. The van der Waals surface area contributed by atoms with Crippen molar-refractivity contribution in [3.63, 3.8) is 0 Å². The summed E-state index contributed by atoms with van der Waals surface area (Å²) in [4.78, 5) is 25.2. The van der Waals surface area contributed by atoms with Crippen molar-refractivity contribution in [2.75, 3.05) is 43.0 Å². The molecular formula is C20H22Cl2N2O5. The third-order valence-electron chi connectivity index (χ3n) is 3.63. The van der Waals surface area contributed by atoms with Gasteiger partial charge in [-0.3, -0.25) is 0 Å². The number of hydrogen-bond acceptors (Lipinski definition) is 7. The Morgan fingerprint density at radius 1 is 1.21 bits per heavy atom. The van der Waals surface area contributed by atoms with Crippen LogP contribution in [-0.4, -0.2) is 55.1 Å². The highest BCUT2D eigenvalue weighted by Crippen LogP contribution is 2.27. The molecule has 1 aromatic rings. The van der Waals surface area contributed by atoms with Crippen LogP contribution in [0.3, 0.4) is 0 Å². The Kier molecular flexibility index (Phi) is 10.7. The maximum absolute atomic E-state index is 12.0. The molecule has 1 N–H and O–H groups in total. The minimum absolute atomic E-state index is 0.118. The van der Waals surface area contributed by atoms with E-state index in [1.807, 2.05) is 4.90 Å². The molecule has 0 spiro atoms. The first-order valence-corrected chi connectivity index (χ1v) is 9.72. The number of esters is 2. The first-order chi connectivity index (χ1) is 13.8. The number of hydrogen-bond donors (Lipinski definition) is 1. The summed E-state index contributed by atoms with van der Waals surface area (Å²) in [5.74, 6) is -0.822. The van der Waals surface area contributed by atoms with Gasteiger partial charge in [0.2, 0.25) is 0 Å². The highest BCUT2D eigenvalue weighted by Gasteiger charge is 2.14. The molecule has 29 heavy (non-hydrogen) atoms. The molecule has 1 rings (SSSR count). The molecule has 0 aliphatic carbocycles. The Morgan fingerprint density at radius 3 is 2.28 bits per heavy atom. The smallest absolute Gasteiger partial charge is 0.349 e. The summed E-state index contributed by atoms with van der Waals surface area (Å²) >= 11 is 11.6. The summed E-state index contributed by atoms with van der Waals surface area (Å²) in [6.07, 6.45) is 1.22. The topological polar surface area (TPSA) is 99.9 Å². The summed E-state index contributed by atoms with van der Waals surface area (Å²) < 4.78 is 9.71. The second kappa shape index (κ2) is 12.7. The lowest BCUT2D eigenvalue weighted by atomic mass is 10.1. The van der Waals surface area contributed by atoms with E-state index in [0.717, 1.165) is 0 Å². The predicted molar refractivity (Wildman–Crippen MR) is 112 cm³/mol. The third-order valence-corrected chi connectivity index (χ3v) is 3.96. The number of nitriles is 1. The lowest BCUT2D eigenvalue weighted by molar-refractivity contribution is -0.147. The van der Waals surface area contributed by atoms with Crippen molar-refractivity contribution in [1.82, 2.24) is 0 Å². The average molecular weight is 441 g/mol. The summed E-state index contributed by atoms with van der Waals surface area (Å²) in [5.41, 5.74) is 0.898. The normalized spacial score (nSPS) is 10.8. The number of nitrogens with zero attached hydrogens (tertiary/aromatic N) is 2. The quantitative estimate of drug-likeness (QED) is 0.185. The van der Waals surface area contributed by atoms with Gasteiger partial charge in [-0.25, -0.2) is 9.59 Å². The van der Waals surface area contributed by atoms with Crippen LogP contribution >= 0.6 is 23.2 Å². The minimum Gasteiger partial charge on any atom is -0.507 e. The number of phenolic OH excluding ortho intramolecular Hbond substituents is 1. The molecule has 7 nitrogen and oxygen atoms in total. The van der Waals surface area contributed by atoms with Gasteiger partial charge in [-0.2, -0.15) is 5.26 Å². The molecule has 0 unspecified atom stereocenters. The molecule has 156 valence electrons. The van der Waals surface area contributed by atoms with Gasteiger partial charge in [-0.05, 0) is 25.1 Å². The number of benzene rings is 1. The maximum Gasteiger partial charge on any atom is 0.349 e. The minimum atomic E-state index is -0.895. The highest BCUT2D eigenvalue weighted by atomic mass is 35.5. The predicted octanol–water partition coefficient (Wildman–Crippen LogP) is 3.25. The summed E-state index contributed by atoms with van der Waals surface area (Å²) in [7, 11) is 0. The van der Waals surface area contributed by atoms with Crippen LogP contribution in [0.15, 0.2) is 35.9 Å². The van der Waals surface area contributed by atoms with Gasteiger partial charge >= 0.3 is 11.9 Å². The van der Waals surface area contributed by atoms with Gasteiger partial charge in [-0.15, -0.1) is 23.2 Å². The van der Waals surface area contributed by atoms with Gasteiger partial charge in [0, 0.05) is 47.7 Å². The summed E-state index contributed by atoms with van der Waals surface area (Å²) in [6, 6.07) is 6.53. The maximum atomic E-state index is 12.0. The number of ether oxygens (including phenoxy) is 2. The van der Waals surface area contributed by atoms with Gasteiger partial charge in [0.1, 0.15) is 30.6 Å². The standard InChI is InChI=1S/C20H22Cl2N2O5/c1-14(2)19(26)28-9-10-29-20(27)16(13-23)11-15-3-4-17(12-18(15)25)24(7-5-21)8-6-22/h3-4,11-12,25H,1,5-10H2,2H3/b16-11+. The number of carbonyl (C=O) groups excluding carboxylic acids is 2. The number of phenols is 1. The van der Waals surface area contributed by atoms with Gasteiger partial charge in [0.25, 0.3) is 0 Å². The third kappa shape index (κ3) is 8.06. The van der Waals surface area contributed by atoms with E-state index in [-0.39, 0.29) is 35.7 Å². The van der Waals surface area contributed by atoms with Crippen molar-refractivity contribution in [3.8, 4) is 11.8 Å². The zero-order valence-electron chi connectivity index (χ0n) is 16.0. The van der Waals surface area contributed by atoms with Crippen LogP contribution in [0.1, 0.15) is 12.5 Å². The molecule has 0 bridgehead atoms. The lowest BCUT2D eigenvalue weighted by Gasteiger charge is -2.23. The van der Waals surface area contributed by atoms with Crippen molar-refractivity contribution < 1.29 is 24.2 Å². The zero-order chi connectivity index (χ0) is 21.8. The van der Waals surface area contributed by atoms with E-state index in [2.05, 4.69) is 6.58 Å². The van der Waals surface area contributed by atoms with Crippen LogP contribution in [0.2, 0.25) is 0 Å². The molecule has 1 aromatic carbocycles. The first-order valence-electron chi connectivity index (χ1n) is 8.65. The number of anilines is 1. The number of halogens is 2. The van der Waals surface area contributed by atoms with Crippen LogP contribution in [-0.2, 0) is 19.1 Å². The van der Waals surface area contributed by atoms with E-state index >= 15 is 0 Å². The monoisotopic (exact) mass is 440 g/mol. The molecule has 0 aliphatic rings. The largest absolute Gasteiger partial charge is 0.507 e. The molecular weight excluding hydrogens is 419 g/mol. The van der Waals surface area contributed by atoms with Gasteiger partial charge < -0.3 is 19.5 Å². The SMILES string of the molecule is C=C(C)C(=O)OCCOC(=O)/C(C#N)=C/c1ccc(N(CCCl)CCCl)cc1O. The molecule has 0 aromatic heterocycles. The number of rotatable bonds is 11.